The molecule has 0 aliphatic rings. The number of hydrogen-bond acceptors (Lipinski definition) is 5. The summed E-state index contributed by atoms with van der Waals surface area (Å²) in [5.74, 6) is -0.151. The van der Waals surface area contributed by atoms with E-state index in [2.05, 4.69) is 55.6 Å². The standard InChI is InChI=1S/C47H91N2O6P/c1-6-8-10-12-14-15-16-17-18-19-20-21-22-23-24-25-26-27-28-29-30-31-32-33-35-37-39-41-47(51)48-45(46(50)40-38-36-34-13-11-9-7-2)44-55-56(52,53)54-43-42-49(3,4)5/h16-17,19-20,22-23,45-46,50H,6-15,18,21,24-44H2,1-5H3,(H-,48,51,52,53)/p+1/b17-16-,20-19-,23-22-. The summed E-state index contributed by atoms with van der Waals surface area (Å²) in [4.78, 5) is 23.0. The van der Waals surface area contributed by atoms with Crippen molar-refractivity contribution in [3.63, 3.8) is 0 Å². The molecule has 3 unspecified atom stereocenters. The smallest absolute Gasteiger partial charge is 0.391 e. The summed E-state index contributed by atoms with van der Waals surface area (Å²) in [6.07, 6.45) is 47.7. The van der Waals surface area contributed by atoms with Gasteiger partial charge in [0.25, 0.3) is 0 Å². The maximum Gasteiger partial charge on any atom is 0.472 e. The number of likely N-dealkylation sites (N-methyl/N-ethyl adjacent to an activating group) is 1. The van der Waals surface area contributed by atoms with Crippen molar-refractivity contribution in [2.75, 3.05) is 40.9 Å². The molecule has 0 spiro atoms. The van der Waals surface area contributed by atoms with E-state index >= 15 is 0 Å². The van der Waals surface area contributed by atoms with E-state index < -0.39 is 20.0 Å². The number of rotatable bonds is 42. The molecule has 3 N–H and O–H groups in total. The summed E-state index contributed by atoms with van der Waals surface area (Å²) in [7, 11) is 1.61. The molecule has 0 heterocycles. The number of carbonyl (C=O) groups excluding carboxylic acids is 1. The van der Waals surface area contributed by atoms with Crippen molar-refractivity contribution in [3.8, 4) is 0 Å². The topological polar surface area (TPSA) is 105 Å². The number of phosphoric acid groups is 1. The molecule has 9 heteroatoms. The number of unbranched alkanes of at least 4 members (excludes halogenated alkanes) is 23. The van der Waals surface area contributed by atoms with E-state index in [4.69, 9.17) is 9.05 Å². The van der Waals surface area contributed by atoms with Crippen LogP contribution in [-0.2, 0) is 18.4 Å². The zero-order valence-corrected chi connectivity index (χ0v) is 38.3. The van der Waals surface area contributed by atoms with Crippen LogP contribution in [0.15, 0.2) is 36.5 Å². The number of allylic oxidation sites excluding steroid dienone is 6. The van der Waals surface area contributed by atoms with Gasteiger partial charge in [0.1, 0.15) is 13.2 Å². The third-order valence-corrected chi connectivity index (χ3v) is 11.4. The SMILES string of the molecule is CCCCCCC/C=C\C/C=C\C/C=C\CCCCCCCCCCCCCCC(=O)NC(COP(=O)(O)OCC[N+](C)(C)C)C(O)CCCCCCCCC. The van der Waals surface area contributed by atoms with Crippen LogP contribution in [0.1, 0.15) is 206 Å². The molecular formula is C47H92N2O6P+. The van der Waals surface area contributed by atoms with Gasteiger partial charge < -0.3 is 19.8 Å². The Balaban J connectivity index is 4.04. The van der Waals surface area contributed by atoms with Gasteiger partial charge in [-0.15, -0.1) is 0 Å². The van der Waals surface area contributed by atoms with Crippen LogP contribution in [0.3, 0.4) is 0 Å². The maximum absolute atomic E-state index is 12.8. The van der Waals surface area contributed by atoms with Gasteiger partial charge in [0.15, 0.2) is 0 Å². The Morgan fingerprint density at radius 3 is 1.48 bits per heavy atom. The summed E-state index contributed by atoms with van der Waals surface area (Å²) < 4.78 is 23.5. The van der Waals surface area contributed by atoms with Crippen LogP contribution in [0, 0.1) is 0 Å². The first-order valence-electron chi connectivity index (χ1n) is 23.4. The average Bonchev–Trinajstić information content (AvgIpc) is 3.15. The minimum absolute atomic E-state index is 0.0735. The van der Waals surface area contributed by atoms with Crippen LogP contribution >= 0.6 is 7.82 Å². The molecule has 1 amide bonds. The predicted molar refractivity (Wildman–Crippen MR) is 240 cm³/mol. The van der Waals surface area contributed by atoms with Crippen LogP contribution in [-0.4, -0.2) is 73.4 Å². The lowest BCUT2D eigenvalue weighted by Gasteiger charge is -2.26. The number of aliphatic hydroxyl groups excluding tert-OH is 1. The molecule has 8 nitrogen and oxygen atoms in total. The molecule has 3 atom stereocenters. The average molecular weight is 812 g/mol. The third kappa shape index (κ3) is 40.9. The molecule has 0 aromatic rings. The number of quaternary nitrogens is 1. The zero-order valence-electron chi connectivity index (χ0n) is 37.4. The van der Waals surface area contributed by atoms with Gasteiger partial charge in [0.05, 0.1) is 39.9 Å². The van der Waals surface area contributed by atoms with E-state index in [1.807, 2.05) is 21.1 Å². The highest BCUT2D eigenvalue weighted by Crippen LogP contribution is 2.43. The lowest BCUT2D eigenvalue weighted by atomic mass is 10.0. The first-order chi connectivity index (χ1) is 27.0. The van der Waals surface area contributed by atoms with E-state index in [1.165, 1.54) is 128 Å². The van der Waals surface area contributed by atoms with Crippen molar-refractivity contribution >= 4 is 13.7 Å². The highest BCUT2D eigenvalue weighted by atomic mass is 31.2. The van der Waals surface area contributed by atoms with Gasteiger partial charge in [0, 0.05) is 6.42 Å². The molecule has 56 heavy (non-hydrogen) atoms. The fraction of sp³-hybridized carbons (Fsp3) is 0.851. The summed E-state index contributed by atoms with van der Waals surface area (Å²) in [6, 6.07) is -0.758. The number of aliphatic hydroxyl groups is 1. The van der Waals surface area contributed by atoms with E-state index in [9.17, 15) is 19.4 Å². The van der Waals surface area contributed by atoms with Gasteiger partial charge in [-0.1, -0.05) is 185 Å². The van der Waals surface area contributed by atoms with E-state index in [0.29, 0.717) is 23.9 Å². The molecule has 0 fully saturated rings. The molecule has 0 bridgehead atoms. The van der Waals surface area contributed by atoms with Crippen molar-refractivity contribution in [3.05, 3.63) is 36.5 Å². The summed E-state index contributed by atoms with van der Waals surface area (Å²) >= 11 is 0. The van der Waals surface area contributed by atoms with Gasteiger partial charge >= 0.3 is 7.82 Å². The molecule has 0 aliphatic carbocycles. The number of amides is 1. The number of carbonyl (C=O) groups is 1. The first kappa shape index (κ1) is 54.7. The lowest BCUT2D eigenvalue weighted by molar-refractivity contribution is -0.870. The van der Waals surface area contributed by atoms with Crippen molar-refractivity contribution in [2.45, 2.75) is 219 Å². The Bertz CT molecular complexity index is 1010. The van der Waals surface area contributed by atoms with E-state index in [0.717, 1.165) is 51.4 Å². The van der Waals surface area contributed by atoms with Crippen LogP contribution in [0.4, 0.5) is 0 Å². The van der Waals surface area contributed by atoms with Crippen molar-refractivity contribution in [2.24, 2.45) is 0 Å². The van der Waals surface area contributed by atoms with Crippen LogP contribution in [0.25, 0.3) is 0 Å². The van der Waals surface area contributed by atoms with Crippen molar-refractivity contribution in [1.29, 1.82) is 0 Å². The lowest BCUT2D eigenvalue weighted by Crippen LogP contribution is -2.46. The predicted octanol–water partition coefficient (Wildman–Crippen LogP) is 13.1. The maximum atomic E-state index is 12.8. The number of nitrogens with one attached hydrogen (secondary N) is 1. The number of nitrogens with zero attached hydrogens (tertiary/aromatic N) is 1. The Hall–Kier alpha value is -1.28. The third-order valence-electron chi connectivity index (χ3n) is 10.4. The molecule has 330 valence electrons. The summed E-state index contributed by atoms with van der Waals surface area (Å²) in [6.45, 7) is 4.82. The fourth-order valence-corrected chi connectivity index (χ4v) is 7.38. The van der Waals surface area contributed by atoms with E-state index in [-0.39, 0.29) is 19.1 Å². The molecule has 0 radical (unpaired) electrons. The largest absolute Gasteiger partial charge is 0.472 e. The summed E-state index contributed by atoms with van der Waals surface area (Å²) in [5, 5.41) is 13.8. The molecule has 0 saturated carbocycles. The normalized spacial score (nSPS) is 14.6. The van der Waals surface area contributed by atoms with Gasteiger partial charge in [-0.25, -0.2) is 4.57 Å². The van der Waals surface area contributed by atoms with Crippen molar-refractivity contribution in [1.82, 2.24) is 5.32 Å². The number of hydrogen-bond donors (Lipinski definition) is 3. The van der Waals surface area contributed by atoms with Gasteiger partial charge in [-0.2, -0.15) is 0 Å². The molecular weight excluding hydrogens is 719 g/mol. The van der Waals surface area contributed by atoms with Gasteiger partial charge in [0.2, 0.25) is 5.91 Å². The highest BCUT2D eigenvalue weighted by Gasteiger charge is 2.28. The zero-order chi connectivity index (χ0) is 41.4. The Labute approximate surface area is 347 Å². The monoisotopic (exact) mass is 812 g/mol. The van der Waals surface area contributed by atoms with Crippen molar-refractivity contribution < 1.29 is 32.9 Å². The Kier molecular flexibility index (Phi) is 38.3. The summed E-state index contributed by atoms with van der Waals surface area (Å²) in [5.41, 5.74) is 0. The highest BCUT2D eigenvalue weighted by molar-refractivity contribution is 7.47. The molecule has 0 aromatic heterocycles. The van der Waals surface area contributed by atoms with Crippen LogP contribution in [0.2, 0.25) is 0 Å². The Morgan fingerprint density at radius 1 is 0.607 bits per heavy atom. The minimum Gasteiger partial charge on any atom is -0.391 e. The first-order valence-corrected chi connectivity index (χ1v) is 24.8. The van der Waals surface area contributed by atoms with Gasteiger partial charge in [-0.3, -0.25) is 13.8 Å². The van der Waals surface area contributed by atoms with Gasteiger partial charge in [-0.05, 0) is 51.4 Å². The van der Waals surface area contributed by atoms with E-state index in [1.54, 1.807) is 0 Å². The second kappa shape index (κ2) is 39.2. The quantitative estimate of drug-likeness (QED) is 0.0245. The molecule has 0 aliphatic heterocycles. The molecule has 0 rings (SSSR count). The Morgan fingerprint density at radius 2 is 1.02 bits per heavy atom. The molecule has 0 aromatic carbocycles. The minimum atomic E-state index is -4.30. The van der Waals surface area contributed by atoms with Crippen LogP contribution in [0.5, 0.6) is 0 Å². The number of phosphoric ester groups is 1. The second-order valence-corrected chi connectivity index (χ2v) is 18.6. The fourth-order valence-electron chi connectivity index (χ4n) is 6.64. The molecule has 0 saturated heterocycles. The second-order valence-electron chi connectivity index (χ2n) is 17.1. The van der Waals surface area contributed by atoms with Crippen LogP contribution < -0.4 is 5.32 Å².